The molecule has 0 spiro atoms. The fourth-order valence-electron chi connectivity index (χ4n) is 2.39. The van der Waals surface area contributed by atoms with Crippen LogP contribution in [0.1, 0.15) is 12.8 Å². The van der Waals surface area contributed by atoms with Gasteiger partial charge in [-0.05, 0) is 25.0 Å². The van der Waals surface area contributed by atoms with Crippen LogP contribution in [0.15, 0.2) is 24.3 Å². The highest BCUT2D eigenvalue weighted by molar-refractivity contribution is 5.79. The Kier molecular flexibility index (Phi) is 3.52. The first-order chi connectivity index (χ1) is 8.22. The molecule has 17 heavy (non-hydrogen) atoms. The maximum Gasteiger partial charge on any atom is 0.224 e. The van der Waals surface area contributed by atoms with E-state index < -0.39 is 0 Å². The van der Waals surface area contributed by atoms with Crippen molar-refractivity contribution in [1.82, 2.24) is 5.32 Å². The van der Waals surface area contributed by atoms with Crippen molar-refractivity contribution in [3.63, 3.8) is 0 Å². The third-order valence-electron chi connectivity index (χ3n) is 3.32. The molecule has 2 rings (SSSR count). The van der Waals surface area contributed by atoms with Crippen molar-refractivity contribution in [3.8, 4) is 0 Å². The van der Waals surface area contributed by atoms with E-state index in [1.54, 1.807) is 7.05 Å². The molecule has 1 aromatic carbocycles. The normalized spacial score (nSPS) is 20.1. The van der Waals surface area contributed by atoms with Crippen molar-refractivity contribution in [1.29, 1.82) is 0 Å². The molecule has 0 aliphatic carbocycles. The summed E-state index contributed by atoms with van der Waals surface area (Å²) in [4.78, 5) is 13.9. The third-order valence-corrected chi connectivity index (χ3v) is 3.32. The first-order valence-electron chi connectivity index (χ1n) is 6.03. The van der Waals surface area contributed by atoms with Gasteiger partial charge in [-0.3, -0.25) is 4.79 Å². The standard InChI is InChI=1S/C13H19N3O/c1-15-13(17)10-5-4-8-16(9-10)12-7-3-2-6-11(12)14/h2-3,6-7,10H,4-5,8-9,14H2,1H3,(H,15,17). The summed E-state index contributed by atoms with van der Waals surface area (Å²) in [5.41, 5.74) is 7.79. The molecule has 1 atom stereocenters. The number of carbonyl (C=O) groups excluding carboxylic acids is 1. The van der Waals surface area contributed by atoms with Crippen LogP contribution in [0.3, 0.4) is 0 Å². The number of hydrogen-bond donors (Lipinski definition) is 2. The first-order valence-corrected chi connectivity index (χ1v) is 6.03. The Labute approximate surface area is 102 Å². The number of nitrogen functional groups attached to an aromatic ring is 1. The van der Waals surface area contributed by atoms with Gasteiger partial charge in [0.1, 0.15) is 0 Å². The maximum atomic E-state index is 11.7. The molecule has 1 unspecified atom stereocenters. The number of piperidine rings is 1. The topological polar surface area (TPSA) is 58.4 Å². The van der Waals surface area contributed by atoms with Crippen molar-refractivity contribution >= 4 is 17.3 Å². The summed E-state index contributed by atoms with van der Waals surface area (Å²) in [5, 5.41) is 2.72. The lowest BCUT2D eigenvalue weighted by Crippen LogP contribution is -2.42. The van der Waals surface area contributed by atoms with Crippen LogP contribution < -0.4 is 16.0 Å². The highest BCUT2D eigenvalue weighted by atomic mass is 16.1. The van der Waals surface area contributed by atoms with E-state index in [9.17, 15) is 4.79 Å². The van der Waals surface area contributed by atoms with E-state index in [1.165, 1.54) is 0 Å². The van der Waals surface area contributed by atoms with E-state index in [0.29, 0.717) is 0 Å². The minimum Gasteiger partial charge on any atom is -0.397 e. The Morgan fingerprint density at radius 1 is 1.47 bits per heavy atom. The molecule has 1 amide bonds. The minimum atomic E-state index is 0.0772. The molecule has 0 bridgehead atoms. The lowest BCUT2D eigenvalue weighted by atomic mass is 9.96. The highest BCUT2D eigenvalue weighted by Crippen LogP contribution is 2.27. The Bertz CT molecular complexity index is 405. The molecule has 92 valence electrons. The summed E-state index contributed by atoms with van der Waals surface area (Å²) < 4.78 is 0. The van der Waals surface area contributed by atoms with Gasteiger partial charge in [-0.15, -0.1) is 0 Å². The molecule has 1 heterocycles. The number of carbonyl (C=O) groups is 1. The van der Waals surface area contributed by atoms with E-state index >= 15 is 0 Å². The van der Waals surface area contributed by atoms with E-state index in [0.717, 1.165) is 37.3 Å². The number of benzene rings is 1. The second-order valence-corrected chi connectivity index (χ2v) is 4.46. The van der Waals surface area contributed by atoms with Crippen molar-refractivity contribution in [3.05, 3.63) is 24.3 Å². The number of amides is 1. The van der Waals surface area contributed by atoms with Crippen LogP contribution in [0.2, 0.25) is 0 Å². The van der Waals surface area contributed by atoms with Gasteiger partial charge in [0.2, 0.25) is 5.91 Å². The van der Waals surface area contributed by atoms with Crippen LogP contribution in [0.4, 0.5) is 11.4 Å². The zero-order valence-electron chi connectivity index (χ0n) is 10.1. The fraction of sp³-hybridized carbons (Fsp3) is 0.462. The quantitative estimate of drug-likeness (QED) is 0.755. The van der Waals surface area contributed by atoms with Gasteiger partial charge in [-0.1, -0.05) is 12.1 Å². The molecule has 4 heteroatoms. The van der Waals surface area contributed by atoms with Gasteiger partial charge in [-0.25, -0.2) is 0 Å². The Morgan fingerprint density at radius 2 is 2.24 bits per heavy atom. The molecule has 1 aromatic rings. The zero-order valence-corrected chi connectivity index (χ0v) is 10.1. The summed E-state index contributed by atoms with van der Waals surface area (Å²) in [6.07, 6.45) is 2.00. The Morgan fingerprint density at radius 3 is 2.94 bits per heavy atom. The summed E-state index contributed by atoms with van der Waals surface area (Å²) in [6.45, 7) is 1.73. The van der Waals surface area contributed by atoms with E-state index in [4.69, 9.17) is 5.73 Å². The van der Waals surface area contributed by atoms with Crippen LogP contribution >= 0.6 is 0 Å². The fourth-order valence-corrected chi connectivity index (χ4v) is 2.39. The smallest absolute Gasteiger partial charge is 0.224 e. The lowest BCUT2D eigenvalue weighted by Gasteiger charge is -2.34. The SMILES string of the molecule is CNC(=O)C1CCCN(c2ccccc2N)C1. The predicted molar refractivity (Wildman–Crippen MR) is 69.9 cm³/mol. The van der Waals surface area contributed by atoms with E-state index in [1.807, 2.05) is 24.3 Å². The van der Waals surface area contributed by atoms with Crippen molar-refractivity contribution in [2.45, 2.75) is 12.8 Å². The Balaban J connectivity index is 2.12. The van der Waals surface area contributed by atoms with Gasteiger partial charge < -0.3 is 16.0 Å². The predicted octanol–water partition coefficient (Wildman–Crippen LogP) is 1.23. The van der Waals surface area contributed by atoms with E-state index in [2.05, 4.69) is 10.2 Å². The molecule has 1 aliphatic rings. The third kappa shape index (κ3) is 2.52. The van der Waals surface area contributed by atoms with Crippen molar-refractivity contribution in [2.75, 3.05) is 30.8 Å². The monoisotopic (exact) mass is 233 g/mol. The van der Waals surface area contributed by atoms with Gasteiger partial charge in [0.05, 0.1) is 17.3 Å². The molecule has 1 fully saturated rings. The summed E-state index contributed by atoms with van der Waals surface area (Å²) in [7, 11) is 1.69. The molecule has 0 aromatic heterocycles. The van der Waals surface area contributed by atoms with Crippen LogP contribution in [0.25, 0.3) is 0 Å². The summed E-state index contributed by atoms with van der Waals surface area (Å²) in [5.74, 6) is 0.206. The number of para-hydroxylation sites is 2. The minimum absolute atomic E-state index is 0.0772. The van der Waals surface area contributed by atoms with Crippen LogP contribution in [0.5, 0.6) is 0 Å². The maximum absolute atomic E-state index is 11.7. The largest absolute Gasteiger partial charge is 0.397 e. The zero-order chi connectivity index (χ0) is 12.3. The molecular formula is C13H19N3O. The van der Waals surface area contributed by atoms with Crippen LogP contribution in [0, 0.1) is 5.92 Å². The molecule has 1 saturated heterocycles. The van der Waals surface area contributed by atoms with Gasteiger partial charge >= 0.3 is 0 Å². The van der Waals surface area contributed by atoms with Gasteiger partial charge in [0, 0.05) is 20.1 Å². The number of anilines is 2. The molecule has 4 nitrogen and oxygen atoms in total. The first kappa shape index (κ1) is 11.8. The number of nitrogens with two attached hydrogens (primary N) is 1. The number of rotatable bonds is 2. The van der Waals surface area contributed by atoms with E-state index in [-0.39, 0.29) is 11.8 Å². The molecule has 3 N–H and O–H groups in total. The summed E-state index contributed by atoms with van der Waals surface area (Å²) in [6, 6.07) is 7.83. The number of nitrogens with one attached hydrogen (secondary N) is 1. The van der Waals surface area contributed by atoms with Crippen molar-refractivity contribution in [2.24, 2.45) is 5.92 Å². The number of hydrogen-bond acceptors (Lipinski definition) is 3. The van der Waals surface area contributed by atoms with Crippen molar-refractivity contribution < 1.29 is 4.79 Å². The molecule has 0 saturated carbocycles. The average Bonchev–Trinajstić information content (AvgIpc) is 2.38. The second kappa shape index (κ2) is 5.08. The van der Waals surface area contributed by atoms with Gasteiger partial charge in [0.25, 0.3) is 0 Å². The van der Waals surface area contributed by atoms with Crippen LogP contribution in [-0.2, 0) is 4.79 Å². The van der Waals surface area contributed by atoms with Gasteiger partial charge in [-0.2, -0.15) is 0 Å². The highest BCUT2D eigenvalue weighted by Gasteiger charge is 2.25. The molecule has 1 aliphatic heterocycles. The second-order valence-electron chi connectivity index (χ2n) is 4.46. The van der Waals surface area contributed by atoms with Gasteiger partial charge in [0.15, 0.2) is 0 Å². The molecule has 0 radical (unpaired) electrons. The lowest BCUT2D eigenvalue weighted by molar-refractivity contribution is -0.124. The average molecular weight is 233 g/mol. The number of nitrogens with zero attached hydrogens (tertiary/aromatic N) is 1. The Hall–Kier alpha value is -1.71. The summed E-state index contributed by atoms with van der Waals surface area (Å²) >= 11 is 0. The molecular weight excluding hydrogens is 214 g/mol. The van der Waals surface area contributed by atoms with Crippen LogP contribution in [-0.4, -0.2) is 26.0 Å².